The predicted molar refractivity (Wildman–Crippen MR) is 133 cm³/mol. The van der Waals surface area contributed by atoms with E-state index in [1.165, 1.54) is 0 Å². The number of hydroxylamine groups is 1. The van der Waals surface area contributed by atoms with Crippen molar-refractivity contribution >= 4 is 22.7 Å². The molecule has 1 aromatic heterocycles. The van der Waals surface area contributed by atoms with Gasteiger partial charge in [-0.2, -0.15) is 0 Å². The van der Waals surface area contributed by atoms with Gasteiger partial charge in [-0.15, -0.1) is 0 Å². The molecule has 184 valence electrons. The zero-order valence-electron chi connectivity index (χ0n) is 20.3. The van der Waals surface area contributed by atoms with E-state index in [0.29, 0.717) is 24.3 Å². The van der Waals surface area contributed by atoms with Crippen LogP contribution in [-0.4, -0.2) is 53.1 Å². The molecular formula is C27H32N4O4. The van der Waals surface area contributed by atoms with Crippen molar-refractivity contribution in [3.63, 3.8) is 0 Å². The third-order valence-electron chi connectivity index (χ3n) is 6.71. The van der Waals surface area contributed by atoms with Crippen molar-refractivity contribution in [2.75, 3.05) is 14.1 Å². The summed E-state index contributed by atoms with van der Waals surface area (Å²) >= 11 is 0. The Bertz CT molecular complexity index is 1200. The smallest absolute Gasteiger partial charge is 0.251 e. The van der Waals surface area contributed by atoms with Crippen molar-refractivity contribution in [3.8, 4) is 5.75 Å². The van der Waals surface area contributed by atoms with Crippen LogP contribution in [0.25, 0.3) is 10.9 Å². The predicted octanol–water partition coefficient (Wildman–Crippen LogP) is 3.46. The lowest BCUT2D eigenvalue weighted by atomic mass is 9.79. The molecule has 4 rings (SSSR count). The number of likely N-dealkylation sites (N-methyl/N-ethyl adjacent to an activating group) is 1. The zero-order chi connectivity index (χ0) is 24.9. The molecule has 0 aliphatic heterocycles. The van der Waals surface area contributed by atoms with Gasteiger partial charge < -0.3 is 15.0 Å². The first-order chi connectivity index (χ1) is 16.9. The minimum atomic E-state index is -0.494. The largest absolute Gasteiger partial charge is 0.489 e. The van der Waals surface area contributed by atoms with Crippen LogP contribution in [0.5, 0.6) is 5.75 Å². The van der Waals surface area contributed by atoms with Crippen molar-refractivity contribution in [1.29, 1.82) is 0 Å². The summed E-state index contributed by atoms with van der Waals surface area (Å²) in [6, 6.07) is 16.6. The van der Waals surface area contributed by atoms with Gasteiger partial charge in [0.1, 0.15) is 12.4 Å². The number of rotatable bonds is 7. The molecular weight excluding hydrogens is 444 g/mol. The van der Waals surface area contributed by atoms with Crippen LogP contribution < -0.4 is 15.5 Å². The summed E-state index contributed by atoms with van der Waals surface area (Å²) < 4.78 is 6.00. The lowest BCUT2D eigenvalue weighted by molar-refractivity contribution is -0.136. The van der Waals surface area contributed by atoms with Crippen molar-refractivity contribution in [2.45, 2.75) is 44.9 Å². The first-order valence-electron chi connectivity index (χ1n) is 11.9. The maximum absolute atomic E-state index is 13.0. The molecule has 2 aromatic carbocycles. The second kappa shape index (κ2) is 10.8. The first kappa shape index (κ1) is 24.6. The van der Waals surface area contributed by atoms with Crippen LogP contribution in [0.15, 0.2) is 54.6 Å². The van der Waals surface area contributed by atoms with Gasteiger partial charge >= 0.3 is 0 Å². The zero-order valence-corrected chi connectivity index (χ0v) is 20.3. The maximum Gasteiger partial charge on any atom is 0.251 e. The number of benzene rings is 2. The number of aromatic nitrogens is 1. The van der Waals surface area contributed by atoms with Crippen LogP contribution in [0, 0.1) is 12.8 Å². The molecule has 1 aliphatic carbocycles. The van der Waals surface area contributed by atoms with Crippen molar-refractivity contribution in [3.05, 3.63) is 71.4 Å². The van der Waals surface area contributed by atoms with Gasteiger partial charge in [0.15, 0.2) is 0 Å². The van der Waals surface area contributed by atoms with Crippen LogP contribution in [0.4, 0.5) is 0 Å². The molecule has 8 heteroatoms. The fourth-order valence-corrected chi connectivity index (χ4v) is 4.94. The van der Waals surface area contributed by atoms with E-state index >= 15 is 0 Å². The lowest BCUT2D eigenvalue weighted by Crippen LogP contribution is -2.58. The number of aryl methyl sites for hydroxylation is 1. The fraction of sp³-hybridized carbons (Fsp3) is 0.370. The van der Waals surface area contributed by atoms with Crippen LogP contribution >= 0.6 is 0 Å². The molecule has 35 heavy (non-hydrogen) atoms. The van der Waals surface area contributed by atoms with Crippen LogP contribution in [0.3, 0.4) is 0 Å². The van der Waals surface area contributed by atoms with Gasteiger partial charge in [0.05, 0.1) is 17.5 Å². The summed E-state index contributed by atoms with van der Waals surface area (Å²) in [5.41, 5.74) is 5.16. The van der Waals surface area contributed by atoms with E-state index in [1.54, 1.807) is 29.7 Å². The molecule has 3 aromatic rings. The molecule has 3 unspecified atom stereocenters. The molecule has 1 aliphatic rings. The van der Waals surface area contributed by atoms with Gasteiger partial charge in [0.2, 0.25) is 5.91 Å². The summed E-state index contributed by atoms with van der Waals surface area (Å²) in [6.07, 6.45) is 2.33. The number of amides is 2. The van der Waals surface area contributed by atoms with Gasteiger partial charge in [-0.25, -0.2) is 5.48 Å². The highest BCUT2D eigenvalue weighted by Gasteiger charge is 2.39. The number of carbonyl (C=O) groups is 2. The Morgan fingerprint density at radius 2 is 1.86 bits per heavy atom. The number of fused-ring (bicyclic) bond motifs is 1. The average Bonchev–Trinajstić information content (AvgIpc) is 2.86. The number of hydrogen-bond acceptors (Lipinski definition) is 6. The Hall–Kier alpha value is -3.49. The molecule has 0 saturated heterocycles. The Kier molecular flexibility index (Phi) is 7.63. The summed E-state index contributed by atoms with van der Waals surface area (Å²) in [4.78, 5) is 31.9. The number of nitrogens with zero attached hydrogens (tertiary/aromatic N) is 2. The van der Waals surface area contributed by atoms with Gasteiger partial charge in [-0.3, -0.25) is 19.8 Å². The van der Waals surface area contributed by atoms with Crippen LogP contribution in [0.1, 0.15) is 40.9 Å². The SMILES string of the molecule is Cc1cc(COc2ccc(C(=O)NC3C(C(=O)NO)CCCC3N(C)C)cc2)c2ccccc2n1. The van der Waals surface area contributed by atoms with E-state index in [1.807, 2.05) is 56.3 Å². The van der Waals surface area contributed by atoms with Crippen molar-refractivity contribution in [1.82, 2.24) is 20.7 Å². The summed E-state index contributed by atoms with van der Waals surface area (Å²) in [5, 5.41) is 13.3. The van der Waals surface area contributed by atoms with E-state index in [4.69, 9.17) is 4.74 Å². The molecule has 1 heterocycles. The standard InChI is InChI=1S/C27H32N4O4/c1-17-15-19(21-7-4-5-9-23(21)28-17)16-35-20-13-11-18(12-14-20)26(32)29-25-22(27(33)30-34)8-6-10-24(25)31(2)3/h4-5,7,9,11-15,22,24-25,34H,6,8,10,16H2,1-3H3,(H,29,32)(H,30,33). The maximum atomic E-state index is 13.0. The Morgan fingerprint density at radius 3 is 2.57 bits per heavy atom. The summed E-state index contributed by atoms with van der Waals surface area (Å²) in [6.45, 7) is 2.35. The molecule has 0 bridgehead atoms. The lowest BCUT2D eigenvalue weighted by Gasteiger charge is -2.40. The van der Waals surface area contributed by atoms with Crippen molar-refractivity contribution in [2.24, 2.45) is 5.92 Å². The Labute approximate surface area is 205 Å². The minimum absolute atomic E-state index is 0.00347. The fourth-order valence-electron chi connectivity index (χ4n) is 4.94. The van der Waals surface area contributed by atoms with E-state index in [2.05, 4.69) is 10.3 Å². The van der Waals surface area contributed by atoms with Gasteiger partial charge in [-0.05, 0) is 70.3 Å². The average molecular weight is 477 g/mol. The normalized spacial score (nSPS) is 20.0. The topological polar surface area (TPSA) is 104 Å². The van der Waals surface area contributed by atoms with Gasteiger partial charge in [-0.1, -0.05) is 24.6 Å². The van der Waals surface area contributed by atoms with E-state index in [-0.39, 0.29) is 11.9 Å². The number of para-hydroxylation sites is 1. The third-order valence-corrected chi connectivity index (χ3v) is 6.71. The summed E-state index contributed by atoms with van der Waals surface area (Å²) in [7, 11) is 3.87. The van der Waals surface area contributed by atoms with Gasteiger partial charge in [0, 0.05) is 28.2 Å². The summed E-state index contributed by atoms with van der Waals surface area (Å²) in [5.74, 6) is -0.570. The van der Waals surface area contributed by atoms with E-state index in [0.717, 1.165) is 35.0 Å². The molecule has 0 spiro atoms. The van der Waals surface area contributed by atoms with Gasteiger partial charge in [0.25, 0.3) is 5.91 Å². The van der Waals surface area contributed by atoms with Crippen LogP contribution in [0.2, 0.25) is 0 Å². The monoisotopic (exact) mass is 476 g/mol. The number of pyridine rings is 1. The quantitative estimate of drug-likeness (QED) is 0.356. The number of ether oxygens (including phenoxy) is 1. The number of hydrogen-bond donors (Lipinski definition) is 3. The second-order valence-electron chi connectivity index (χ2n) is 9.30. The number of carbonyl (C=O) groups excluding carboxylic acids is 2. The Balaban J connectivity index is 1.44. The molecule has 2 amide bonds. The van der Waals surface area contributed by atoms with Crippen LogP contribution in [-0.2, 0) is 11.4 Å². The molecule has 0 radical (unpaired) electrons. The highest BCUT2D eigenvalue weighted by Crippen LogP contribution is 2.28. The molecule has 3 N–H and O–H groups in total. The molecule has 3 atom stereocenters. The highest BCUT2D eigenvalue weighted by molar-refractivity contribution is 5.95. The second-order valence-corrected chi connectivity index (χ2v) is 9.30. The molecule has 1 saturated carbocycles. The molecule has 1 fully saturated rings. The highest BCUT2D eigenvalue weighted by atomic mass is 16.5. The van der Waals surface area contributed by atoms with E-state index < -0.39 is 17.9 Å². The van der Waals surface area contributed by atoms with Crippen molar-refractivity contribution < 1.29 is 19.5 Å². The Morgan fingerprint density at radius 1 is 1.11 bits per heavy atom. The third kappa shape index (κ3) is 5.61. The van der Waals surface area contributed by atoms with E-state index in [9.17, 15) is 14.8 Å². The first-order valence-corrected chi connectivity index (χ1v) is 11.9. The number of nitrogens with one attached hydrogen (secondary N) is 2. The molecule has 8 nitrogen and oxygen atoms in total. The minimum Gasteiger partial charge on any atom is -0.489 e.